The van der Waals surface area contributed by atoms with Crippen LogP contribution in [0.5, 0.6) is 0 Å². The van der Waals surface area contributed by atoms with Gasteiger partial charge in [0.05, 0.1) is 11.2 Å². The van der Waals surface area contributed by atoms with E-state index in [0.717, 1.165) is 41.7 Å². The summed E-state index contributed by atoms with van der Waals surface area (Å²) in [6.07, 6.45) is 2.96. The fourth-order valence-electron chi connectivity index (χ4n) is 2.72. The number of para-hydroxylation sites is 1. The number of rotatable bonds is 6. The Morgan fingerprint density at radius 1 is 1.09 bits per heavy atom. The van der Waals surface area contributed by atoms with Crippen molar-refractivity contribution in [2.75, 3.05) is 32.2 Å². The summed E-state index contributed by atoms with van der Waals surface area (Å²) in [6, 6.07) is 12.4. The van der Waals surface area contributed by atoms with Crippen molar-refractivity contribution in [1.29, 1.82) is 0 Å². The van der Waals surface area contributed by atoms with Gasteiger partial charge in [0.15, 0.2) is 0 Å². The zero-order valence-corrected chi connectivity index (χ0v) is 14.4. The van der Waals surface area contributed by atoms with Crippen LogP contribution in [0.25, 0.3) is 21.3 Å². The van der Waals surface area contributed by atoms with Crippen LogP contribution < -0.4 is 10.9 Å². The third kappa shape index (κ3) is 3.52. The van der Waals surface area contributed by atoms with Crippen molar-refractivity contribution in [3.05, 3.63) is 48.0 Å². The first-order chi connectivity index (χ1) is 11.2. The highest BCUT2D eigenvalue weighted by Gasteiger charge is 2.15. The van der Waals surface area contributed by atoms with E-state index in [0.29, 0.717) is 0 Å². The zero-order valence-electron chi connectivity index (χ0n) is 13.6. The van der Waals surface area contributed by atoms with Gasteiger partial charge in [-0.2, -0.15) is 0 Å². The molecule has 0 unspecified atom stereocenters. The summed E-state index contributed by atoms with van der Waals surface area (Å²) < 4.78 is 0. The molecule has 0 saturated carbocycles. The first kappa shape index (κ1) is 15.9. The number of hydrogen-bond acceptors (Lipinski definition) is 5. The number of benzene rings is 1. The Morgan fingerprint density at radius 2 is 1.91 bits per heavy atom. The number of aromatic nitrogens is 1. The van der Waals surface area contributed by atoms with Gasteiger partial charge in [-0.3, -0.25) is 4.98 Å². The van der Waals surface area contributed by atoms with Crippen molar-refractivity contribution < 1.29 is 0 Å². The normalized spacial score (nSPS) is 11.3. The average Bonchev–Trinajstić information content (AvgIpc) is 3.07. The Hall–Kier alpha value is -1.95. The summed E-state index contributed by atoms with van der Waals surface area (Å²) >= 11 is 1.71. The number of anilines is 1. The molecule has 0 amide bonds. The van der Waals surface area contributed by atoms with Crippen LogP contribution in [0.15, 0.2) is 48.0 Å². The highest BCUT2D eigenvalue weighted by molar-refractivity contribution is 7.13. The number of pyridine rings is 1. The Balaban J connectivity index is 2.02. The molecule has 2 heterocycles. The van der Waals surface area contributed by atoms with E-state index >= 15 is 0 Å². The molecule has 120 valence electrons. The van der Waals surface area contributed by atoms with Gasteiger partial charge in [0.25, 0.3) is 0 Å². The maximum absolute atomic E-state index is 6.45. The largest absolute Gasteiger partial charge is 0.310 e. The second-order valence-electron chi connectivity index (χ2n) is 5.87. The molecule has 0 spiro atoms. The van der Waals surface area contributed by atoms with E-state index < -0.39 is 0 Å². The molecule has 5 heteroatoms. The topological polar surface area (TPSA) is 45.4 Å². The van der Waals surface area contributed by atoms with Crippen LogP contribution in [0.2, 0.25) is 0 Å². The zero-order chi connectivity index (χ0) is 16.2. The van der Waals surface area contributed by atoms with E-state index in [-0.39, 0.29) is 0 Å². The predicted molar refractivity (Wildman–Crippen MR) is 99.8 cm³/mol. The second-order valence-corrected chi connectivity index (χ2v) is 6.81. The van der Waals surface area contributed by atoms with Gasteiger partial charge < -0.3 is 9.91 Å². The molecule has 3 aromatic rings. The summed E-state index contributed by atoms with van der Waals surface area (Å²) in [5, 5.41) is 5.06. The van der Waals surface area contributed by atoms with Gasteiger partial charge in [0.1, 0.15) is 0 Å². The van der Waals surface area contributed by atoms with Gasteiger partial charge >= 0.3 is 0 Å². The highest BCUT2D eigenvalue weighted by Crippen LogP contribution is 2.37. The molecule has 3 rings (SSSR count). The summed E-state index contributed by atoms with van der Waals surface area (Å²) in [4.78, 5) is 7.98. The summed E-state index contributed by atoms with van der Waals surface area (Å²) in [5.41, 5.74) is 3.15. The molecule has 0 bridgehead atoms. The predicted octanol–water partition coefficient (Wildman–Crippen LogP) is 3.60. The molecule has 0 radical (unpaired) electrons. The van der Waals surface area contributed by atoms with Crippen LogP contribution in [0.1, 0.15) is 6.42 Å². The van der Waals surface area contributed by atoms with Crippen LogP contribution in [-0.2, 0) is 0 Å². The van der Waals surface area contributed by atoms with Crippen LogP contribution in [0.4, 0.5) is 5.69 Å². The summed E-state index contributed by atoms with van der Waals surface area (Å²) in [7, 11) is 4.17. The molecule has 2 N–H and O–H groups in total. The fraction of sp³-hybridized carbons (Fsp3) is 0.278. The van der Waals surface area contributed by atoms with Crippen LogP contribution >= 0.6 is 11.3 Å². The quantitative estimate of drug-likeness (QED) is 0.555. The number of nitrogens with zero attached hydrogens (tertiary/aromatic N) is 3. The summed E-state index contributed by atoms with van der Waals surface area (Å²) in [6.45, 7) is 1.83. The SMILES string of the molecule is CN(C)CCCN(N)c1c(-c2cccs2)cnc2ccccc12. The molecule has 1 aromatic carbocycles. The molecule has 4 nitrogen and oxygen atoms in total. The van der Waals surface area contributed by atoms with Gasteiger partial charge in [-0.05, 0) is 44.6 Å². The molecule has 0 saturated heterocycles. The van der Waals surface area contributed by atoms with E-state index in [1.54, 1.807) is 11.3 Å². The molecule has 0 aliphatic carbocycles. The molecule has 0 fully saturated rings. The lowest BCUT2D eigenvalue weighted by atomic mass is 10.1. The maximum Gasteiger partial charge on any atom is 0.0723 e. The van der Waals surface area contributed by atoms with E-state index in [1.165, 1.54) is 4.88 Å². The van der Waals surface area contributed by atoms with Gasteiger partial charge in [0, 0.05) is 28.6 Å². The lowest BCUT2D eigenvalue weighted by molar-refractivity contribution is 0.400. The van der Waals surface area contributed by atoms with Gasteiger partial charge in [0.2, 0.25) is 0 Å². The van der Waals surface area contributed by atoms with Crippen molar-refractivity contribution in [2.24, 2.45) is 5.84 Å². The number of thiophene rings is 1. The first-order valence-corrected chi connectivity index (χ1v) is 8.63. The Morgan fingerprint density at radius 3 is 2.65 bits per heavy atom. The van der Waals surface area contributed by atoms with Crippen molar-refractivity contribution in [2.45, 2.75) is 6.42 Å². The molecule has 0 aliphatic heterocycles. The molecule has 23 heavy (non-hydrogen) atoms. The van der Waals surface area contributed by atoms with Crippen molar-refractivity contribution >= 4 is 27.9 Å². The van der Waals surface area contributed by atoms with Crippen molar-refractivity contribution in [1.82, 2.24) is 9.88 Å². The van der Waals surface area contributed by atoms with E-state index in [2.05, 4.69) is 47.6 Å². The Bertz CT molecular complexity index is 768. The third-order valence-electron chi connectivity index (χ3n) is 3.83. The minimum absolute atomic E-state index is 0.810. The van der Waals surface area contributed by atoms with E-state index in [9.17, 15) is 0 Å². The third-order valence-corrected chi connectivity index (χ3v) is 4.73. The maximum atomic E-state index is 6.45. The lowest BCUT2D eigenvalue weighted by Gasteiger charge is -2.24. The van der Waals surface area contributed by atoms with Crippen molar-refractivity contribution in [3.8, 4) is 10.4 Å². The Labute approximate surface area is 141 Å². The highest BCUT2D eigenvalue weighted by atomic mass is 32.1. The monoisotopic (exact) mass is 326 g/mol. The summed E-state index contributed by atoms with van der Waals surface area (Å²) in [5.74, 6) is 6.45. The molecule has 0 aliphatic rings. The number of hydrogen-bond donors (Lipinski definition) is 1. The van der Waals surface area contributed by atoms with Crippen LogP contribution in [0.3, 0.4) is 0 Å². The van der Waals surface area contributed by atoms with Crippen LogP contribution in [-0.4, -0.2) is 37.1 Å². The average molecular weight is 326 g/mol. The van der Waals surface area contributed by atoms with Gasteiger partial charge in [-0.25, -0.2) is 5.84 Å². The molecule has 2 aromatic heterocycles. The van der Waals surface area contributed by atoms with Gasteiger partial charge in [-0.1, -0.05) is 24.3 Å². The minimum atomic E-state index is 0.810. The van der Waals surface area contributed by atoms with E-state index in [1.807, 2.05) is 29.4 Å². The van der Waals surface area contributed by atoms with Gasteiger partial charge in [-0.15, -0.1) is 11.3 Å². The smallest absolute Gasteiger partial charge is 0.0723 e. The van der Waals surface area contributed by atoms with E-state index in [4.69, 9.17) is 5.84 Å². The Kier molecular flexibility index (Phi) is 4.91. The molecular formula is C18H22N4S. The van der Waals surface area contributed by atoms with Crippen molar-refractivity contribution in [3.63, 3.8) is 0 Å². The fourth-order valence-corrected chi connectivity index (χ4v) is 3.45. The standard InChI is InChI=1S/C18H22N4S/c1-21(2)10-6-11-22(19)18-14-7-3-4-8-16(14)20-13-15(18)17-9-5-12-23-17/h3-5,7-9,12-13H,6,10-11,19H2,1-2H3. The molecular weight excluding hydrogens is 304 g/mol. The minimum Gasteiger partial charge on any atom is -0.310 e. The number of fused-ring (bicyclic) bond motifs is 1. The first-order valence-electron chi connectivity index (χ1n) is 7.75. The number of nitrogens with two attached hydrogens (primary N) is 1. The lowest BCUT2D eigenvalue weighted by Crippen LogP contribution is -2.34. The number of hydrazine groups is 1. The molecule has 0 atom stereocenters. The van der Waals surface area contributed by atoms with Crippen LogP contribution in [0, 0.1) is 0 Å². The second kappa shape index (κ2) is 7.08.